The highest BCUT2D eigenvalue weighted by Gasteiger charge is 2.24. The second-order valence-corrected chi connectivity index (χ2v) is 7.27. The molecule has 1 aliphatic heterocycles. The molecule has 0 fully saturated rings. The Bertz CT molecular complexity index is 1280. The highest BCUT2D eigenvalue weighted by atomic mass is 19.1. The van der Waals surface area contributed by atoms with Gasteiger partial charge >= 0.3 is 0 Å². The predicted octanol–water partition coefficient (Wildman–Crippen LogP) is 4.39. The van der Waals surface area contributed by atoms with Crippen molar-refractivity contribution in [3.8, 4) is 17.2 Å². The summed E-state index contributed by atoms with van der Waals surface area (Å²) in [6.45, 7) is 2.84. The standard InChI is InChI=1S/C23H21FN6O2/c1-15-13-29(14-26-15)19-8-7-16(11-20(19)31-2)27-23-25-12-21-22(28-23)30(9-10-32-21)18-6-4-3-5-17(18)24/h3-8,11-14H,9-10H2,1-2H3,(H,25,27,28). The van der Waals surface area contributed by atoms with E-state index >= 15 is 0 Å². The monoisotopic (exact) mass is 432 g/mol. The topological polar surface area (TPSA) is 77.3 Å². The Morgan fingerprint density at radius 3 is 2.78 bits per heavy atom. The molecule has 162 valence electrons. The molecule has 5 rings (SSSR count). The van der Waals surface area contributed by atoms with Gasteiger partial charge in [0.05, 0.1) is 43.2 Å². The molecule has 0 atom stereocenters. The minimum Gasteiger partial charge on any atom is -0.494 e. The molecule has 1 N–H and O–H groups in total. The molecule has 4 aromatic rings. The van der Waals surface area contributed by atoms with Gasteiger partial charge in [0.1, 0.15) is 18.2 Å². The van der Waals surface area contributed by atoms with Gasteiger partial charge in [-0.2, -0.15) is 4.98 Å². The molecular formula is C23H21FN6O2. The Balaban J connectivity index is 1.46. The number of halogens is 1. The zero-order chi connectivity index (χ0) is 22.1. The van der Waals surface area contributed by atoms with Gasteiger partial charge in [0.25, 0.3) is 0 Å². The average molecular weight is 432 g/mol. The van der Waals surface area contributed by atoms with E-state index in [1.54, 1.807) is 42.7 Å². The Morgan fingerprint density at radius 2 is 2.00 bits per heavy atom. The van der Waals surface area contributed by atoms with Gasteiger partial charge in [0.2, 0.25) is 5.95 Å². The number of para-hydroxylation sites is 1. The maximum atomic E-state index is 14.4. The third kappa shape index (κ3) is 3.68. The summed E-state index contributed by atoms with van der Waals surface area (Å²) < 4.78 is 27.6. The van der Waals surface area contributed by atoms with Crippen LogP contribution in [0.4, 0.5) is 27.5 Å². The average Bonchev–Trinajstić information content (AvgIpc) is 3.25. The number of fused-ring (bicyclic) bond motifs is 1. The van der Waals surface area contributed by atoms with E-state index < -0.39 is 0 Å². The highest BCUT2D eigenvalue weighted by Crippen LogP contribution is 2.36. The van der Waals surface area contributed by atoms with E-state index in [1.165, 1.54) is 6.07 Å². The summed E-state index contributed by atoms with van der Waals surface area (Å²) in [6.07, 6.45) is 5.26. The van der Waals surface area contributed by atoms with Gasteiger partial charge in [0, 0.05) is 18.0 Å². The van der Waals surface area contributed by atoms with Gasteiger partial charge in [-0.15, -0.1) is 0 Å². The Kier molecular flexibility index (Phi) is 5.06. The van der Waals surface area contributed by atoms with Gasteiger partial charge < -0.3 is 24.3 Å². The van der Waals surface area contributed by atoms with E-state index in [0.29, 0.717) is 42.1 Å². The molecule has 9 heteroatoms. The molecule has 0 amide bonds. The van der Waals surface area contributed by atoms with Crippen molar-refractivity contribution in [3.63, 3.8) is 0 Å². The first-order valence-electron chi connectivity index (χ1n) is 10.1. The molecule has 0 bridgehead atoms. The van der Waals surface area contributed by atoms with Crippen molar-refractivity contribution in [2.24, 2.45) is 0 Å². The van der Waals surface area contributed by atoms with Gasteiger partial charge in [-0.3, -0.25) is 0 Å². The zero-order valence-electron chi connectivity index (χ0n) is 17.6. The van der Waals surface area contributed by atoms with Crippen LogP contribution in [0.15, 0.2) is 61.2 Å². The van der Waals surface area contributed by atoms with Crippen molar-refractivity contribution >= 4 is 23.1 Å². The fourth-order valence-corrected chi connectivity index (χ4v) is 3.63. The van der Waals surface area contributed by atoms with Crippen LogP contribution < -0.4 is 19.7 Å². The molecule has 32 heavy (non-hydrogen) atoms. The van der Waals surface area contributed by atoms with E-state index in [2.05, 4.69) is 20.3 Å². The number of rotatable bonds is 5. The fraction of sp³-hybridized carbons (Fsp3) is 0.174. The highest BCUT2D eigenvalue weighted by molar-refractivity contribution is 5.69. The Labute approximate surface area is 184 Å². The van der Waals surface area contributed by atoms with E-state index in [0.717, 1.165) is 17.1 Å². The number of ether oxygens (including phenoxy) is 2. The minimum atomic E-state index is -0.316. The summed E-state index contributed by atoms with van der Waals surface area (Å²) in [4.78, 5) is 15.0. The molecule has 0 unspecified atom stereocenters. The van der Waals surface area contributed by atoms with Crippen LogP contribution in [0.5, 0.6) is 11.5 Å². The smallest absolute Gasteiger partial charge is 0.229 e. The number of benzene rings is 2. The largest absolute Gasteiger partial charge is 0.494 e. The first-order chi connectivity index (χ1) is 15.6. The second-order valence-electron chi connectivity index (χ2n) is 7.27. The van der Waals surface area contributed by atoms with Crippen LogP contribution in [0.25, 0.3) is 5.69 Å². The molecule has 0 saturated carbocycles. The number of hydrogen-bond donors (Lipinski definition) is 1. The first-order valence-corrected chi connectivity index (χ1v) is 10.1. The fourth-order valence-electron chi connectivity index (χ4n) is 3.63. The van der Waals surface area contributed by atoms with Crippen LogP contribution in [0.2, 0.25) is 0 Å². The minimum absolute atomic E-state index is 0.316. The van der Waals surface area contributed by atoms with Crippen LogP contribution in [-0.4, -0.2) is 39.8 Å². The van der Waals surface area contributed by atoms with Crippen molar-refractivity contribution in [2.75, 3.05) is 30.5 Å². The maximum Gasteiger partial charge on any atom is 0.229 e. The molecule has 2 aromatic carbocycles. The molecular weight excluding hydrogens is 411 g/mol. The van der Waals surface area contributed by atoms with Gasteiger partial charge in [-0.25, -0.2) is 14.4 Å². The van der Waals surface area contributed by atoms with Crippen molar-refractivity contribution in [3.05, 3.63) is 72.7 Å². The summed E-state index contributed by atoms with van der Waals surface area (Å²) in [5.74, 6) is 1.74. The lowest BCUT2D eigenvalue weighted by Gasteiger charge is -2.30. The summed E-state index contributed by atoms with van der Waals surface area (Å²) >= 11 is 0. The van der Waals surface area contributed by atoms with Crippen LogP contribution in [0, 0.1) is 12.7 Å². The quantitative estimate of drug-likeness (QED) is 0.501. The van der Waals surface area contributed by atoms with Crippen LogP contribution >= 0.6 is 0 Å². The summed E-state index contributed by atoms with van der Waals surface area (Å²) in [7, 11) is 1.62. The van der Waals surface area contributed by atoms with Gasteiger partial charge in [0.15, 0.2) is 11.6 Å². The molecule has 1 aliphatic rings. The van der Waals surface area contributed by atoms with E-state index in [9.17, 15) is 4.39 Å². The summed E-state index contributed by atoms with van der Waals surface area (Å²) in [5.41, 5.74) is 2.97. The zero-order valence-corrected chi connectivity index (χ0v) is 17.6. The Hall–Kier alpha value is -4.14. The predicted molar refractivity (Wildman–Crippen MR) is 119 cm³/mol. The molecule has 0 radical (unpaired) electrons. The van der Waals surface area contributed by atoms with Crippen molar-refractivity contribution in [2.45, 2.75) is 6.92 Å². The van der Waals surface area contributed by atoms with E-state index in [4.69, 9.17) is 9.47 Å². The molecule has 3 heterocycles. The number of anilines is 4. The van der Waals surface area contributed by atoms with Gasteiger partial charge in [-0.05, 0) is 31.2 Å². The number of methoxy groups -OCH3 is 1. The SMILES string of the molecule is COc1cc(Nc2ncc3c(n2)N(c2ccccc2F)CCO3)ccc1-n1cnc(C)c1. The Morgan fingerprint density at radius 1 is 1.12 bits per heavy atom. The third-order valence-corrected chi connectivity index (χ3v) is 5.13. The van der Waals surface area contributed by atoms with Crippen LogP contribution in [0.1, 0.15) is 5.69 Å². The lowest BCUT2D eigenvalue weighted by Crippen LogP contribution is -2.30. The summed E-state index contributed by atoms with van der Waals surface area (Å²) in [6, 6.07) is 12.3. The number of hydrogen-bond acceptors (Lipinski definition) is 7. The number of aryl methyl sites for hydroxylation is 1. The van der Waals surface area contributed by atoms with Crippen molar-refractivity contribution in [1.82, 2.24) is 19.5 Å². The number of imidazole rings is 1. The summed E-state index contributed by atoms with van der Waals surface area (Å²) in [5, 5.41) is 3.20. The molecule has 2 aromatic heterocycles. The lowest BCUT2D eigenvalue weighted by molar-refractivity contribution is 0.310. The van der Waals surface area contributed by atoms with Crippen molar-refractivity contribution in [1.29, 1.82) is 0 Å². The number of nitrogens with one attached hydrogen (secondary N) is 1. The van der Waals surface area contributed by atoms with Crippen LogP contribution in [0.3, 0.4) is 0 Å². The first kappa shape index (κ1) is 19.8. The lowest BCUT2D eigenvalue weighted by atomic mass is 10.2. The number of aromatic nitrogens is 4. The normalized spacial score (nSPS) is 12.8. The second kappa shape index (κ2) is 8.18. The van der Waals surface area contributed by atoms with E-state index in [-0.39, 0.29) is 5.82 Å². The van der Waals surface area contributed by atoms with Crippen molar-refractivity contribution < 1.29 is 13.9 Å². The maximum absolute atomic E-state index is 14.4. The number of nitrogens with zero attached hydrogens (tertiary/aromatic N) is 5. The van der Waals surface area contributed by atoms with E-state index in [1.807, 2.05) is 35.9 Å². The van der Waals surface area contributed by atoms with Crippen LogP contribution in [-0.2, 0) is 0 Å². The molecule has 0 aliphatic carbocycles. The third-order valence-electron chi connectivity index (χ3n) is 5.13. The molecule has 0 saturated heterocycles. The van der Waals surface area contributed by atoms with Gasteiger partial charge in [-0.1, -0.05) is 12.1 Å². The molecule has 0 spiro atoms. The molecule has 8 nitrogen and oxygen atoms in total.